The highest BCUT2D eigenvalue weighted by Crippen LogP contribution is 2.19. The second kappa shape index (κ2) is 6.86. The molecule has 0 saturated heterocycles. The molecule has 4 heteroatoms. The summed E-state index contributed by atoms with van der Waals surface area (Å²) in [6.07, 6.45) is 0.557. The van der Waals surface area contributed by atoms with Gasteiger partial charge in [-0.2, -0.15) is 0 Å². The number of hydrogen-bond acceptors (Lipinski definition) is 2. The Balaban J connectivity index is 2.72. The average Bonchev–Trinajstić information content (AvgIpc) is 2.35. The minimum Gasteiger partial charge on any atom is -0.385 e. The van der Waals surface area contributed by atoms with E-state index >= 15 is 0 Å². The molecule has 1 N–H and O–H groups in total. The number of rotatable bonds is 6. The van der Waals surface area contributed by atoms with Crippen molar-refractivity contribution in [3.05, 3.63) is 34.6 Å². The van der Waals surface area contributed by atoms with Gasteiger partial charge in [0.1, 0.15) is 11.9 Å². The summed E-state index contributed by atoms with van der Waals surface area (Å²) in [5.41, 5.74) is 0.534. The van der Waals surface area contributed by atoms with Gasteiger partial charge in [-0.05, 0) is 23.6 Å². The lowest BCUT2D eigenvalue weighted by Crippen LogP contribution is -2.30. The number of aliphatic hydroxyl groups is 1. The smallest absolute Gasteiger partial charge is 0.165 e. The van der Waals surface area contributed by atoms with E-state index in [1.54, 1.807) is 6.07 Å². The van der Waals surface area contributed by atoms with Gasteiger partial charge in [0.05, 0.1) is 5.02 Å². The lowest BCUT2D eigenvalue weighted by atomic mass is 9.91. The third-order valence-corrected chi connectivity index (χ3v) is 3.49. The van der Waals surface area contributed by atoms with E-state index < -0.39 is 11.9 Å². The maximum absolute atomic E-state index is 13.2. The Morgan fingerprint density at radius 1 is 1.39 bits per heavy atom. The third-order valence-electron chi connectivity index (χ3n) is 3.19. The highest BCUT2D eigenvalue weighted by atomic mass is 35.5. The molecule has 0 amide bonds. The Morgan fingerprint density at radius 2 is 2.00 bits per heavy atom. The van der Waals surface area contributed by atoms with Crippen molar-refractivity contribution in [2.24, 2.45) is 5.92 Å². The summed E-state index contributed by atoms with van der Waals surface area (Å²) < 4.78 is 13.2. The number of hydrogen-bond donors (Lipinski definition) is 1. The van der Waals surface area contributed by atoms with Crippen molar-refractivity contribution in [3.8, 4) is 0 Å². The van der Waals surface area contributed by atoms with Crippen LogP contribution in [0.4, 0.5) is 4.39 Å². The van der Waals surface area contributed by atoms with Gasteiger partial charge in [0.2, 0.25) is 0 Å². The molecule has 1 unspecified atom stereocenters. The van der Waals surface area contributed by atoms with E-state index in [1.807, 2.05) is 13.8 Å². The van der Waals surface area contributed by atoms with Gasteiger partial charge in [0, 0.05) is 6.42 Å². The first-order valence-electron chi connectivity index (χ1n) is 6.14. The van der Waals surface area contributed by atoms with E-state index in [0.717, 1.165) is 12.8 Å². The Labute approximate surface area is 112 Å². The predicted octanol–water partition coefficient (Wildman–Crippen LogP) is 3.39. The van der Waals surface area contributed by atoms with E-state index in [4.69, 9.17) is 11.6 Å². The Morgan fingerprint density at radius 3 is 2.50 bits per heavy atom. The van der Waals surface area contributed by atoms with Crippen molar-refractivity contribution < 1.29 is 14.3 Å². The molecule has 1 aromatic rings. The topological polar surface area (TPSA) is 37.3 Å². The molecular formula is C14H18ClFO2. The van der Waals surface area contributed by atoms with Gasteiger partial charge in [0.25, 0.3) is 0 Å². The lowest BCUT2D eigenvalue weighted by Gasteiger charge is -2.18. The summed E-state index contributed by atoms with van der Waals surface area (Å²) in [5, 5.41) is 9.93. The molecule has 0 aromatic heterocycles. The van der Waals surface area contributed by atoms with Gasteiger partial charge in [-0.15, -0.1) is 0 Å². The lowest BCUT2D eigenvalue weighted by molar-refractivity contribution is -0.129. The summed E-state index contributed by atoms with van der Waals surface area (Å²) >= 11 is 5.57. The van der Waals surface area contributed by atoms with Crippen molar-refractivity contribution in [2.45, 2.75) is 39.2 Å². The molecule has 2 nitrogen and oxygen atoms in total. The second-order valence-corrected chi connectivity index (χ2v) is 4.82. The molecule has 100 valence electrons. The number of benzene rings is 1. The number of halogens is 2. The van der Waals surface area contributed by atoms with Crippen LogP contribution in [0.1, 0.15) is 32.3 Å². The zero-order chi connectivity index (χ0) is 13.7. The van der Waals surface area contributed by atoms with Crippen LogP contribution in [0, 0.1) is 11.7 Å². The number of aliphatic hydroxyl groups excluding tert-OH is 1. The maximum atomic E-state index is 13.2. The average molecular weight is 273 g/mol. The predicted molar refractivity (Wildman–Crippen MR) is 70.2 cm³/mol. The Hall–Kier alpha value is -0.930. The molecule has 0 aliphatic heterocycles. The van der Waals surface area contributed by atoms with Crippen LogP contribution in [-0.2, 0) is 11.2 Å². The first-order valence-corrected chi connectivity index (χ1v) is 6.52. The molecular weight excluding hydrogens is 255 g/mol. The molecule has 0 bridgehead atoms. The molecule has 0 saturated carbocycles. The first kappa shape index (κ1) is 15.1. The van der Waals surface area contributed by atoms with Gasteiger partial charge in [-0.25, -0.2) is 4.39 Å². The summed E-state index contributed by atoms with van der Waals surface area (Å²) in [6.45, 7) is 3.87. The van der Waals surface area contributed by atoms with Crippen LogP contribution in [0.5, 0.6) is 0 Å². The summed E-state index contributed by atoms with van der Waals surface area (Å²) in [6, 6.07) is 4.26. The van der Waals surface area contributed by atoms with Crippen molar-refractivity contribution in [1.29, 1.82) is 0 Å². The van der Waals surface area contributed by atoms with Crippen LogP contribution in [0.3, 0.4) is 0 Å². The third kappa shape index (κ3) is 3.79. The monoisotopic (exact) mass is 272 g/mol. The molecule has 0 heterocycles. The van der Waals surface area contributed by atoms with Crippen LogP contribution in [0.25, 0.3) is 0 Å². The van der Waals surface area contributed by atoms with Crippen LogP contribution < -0.4 is 0 Å². The van der Waals surface area contributed by atoms with Crippen molar-refractivity contribution in [1.82, 2.24) is 0 Å². The summed E-state index contributed by atoms with van der Waals surface area (Å²) in [5.74, 6) is -0.848. The van der Waals surface area contributed by atoms with Crippen LogP contribution in [-0.4, -0.2) is 17.0 Å². The molecule has 0 aliphatic carbocycles. The summed E-state index contributed by atoms with van der Waals surface area (Å²) in [4.78, 5) is 11.9. The van der Waals surface area contributed by atoms with Crippen molar-refractivity contribution >= 4 is 17.4 Å². The van der Waals surface area contributed by atoms with Crippen LogP contribution in [0.2, 0.25) is 5.02 Å². The number of carbonyl (C=O) groups is 1. The fourth-order valence-corrected chi connectivity index (χ4v) is 2.07. The zero-order valence-corrected chi connectivity index (χ0v) is 11.4. The van der Waals surface area contributed by atoms with Gasteiger partial charge >= 0.3 is 0 Å². The Kier molecular flexibility index (Phi) is 5.76. The largest absolute Gasteiger partial charge is 0.385 e. The van der Waals surface area contributed by atoms with Gasteiger partial charge in [-0.1, -0.05) is 44.4 Å². The van der Waals surface area contributed by atoms with Gasteiger partial charge in [-0.3, -0.25) is 4.79 Å². The zero-order valence-electron chi connectivity index (χ0n) is 10.6. The summed E-state index contributed by atoms with van der Waals surface area (Å²) in [7, 11) is 0. The van der Waals surface area contributed by atoms with E-state index in [9.17, 15) is 14.3 Å². The highest BCUT2D eigenvalue weighted by molar-refractivity contribution is 6.30. The van der Waals surface area contributed by atoms with Crippen LogP contribution in [0.15, 0.2) is 18.2 Å². The van der Waals surface area contributed by atoms with Gasteiger partial charge < -0.3 is 5.11 Å². The van der Waals surface area contributed by atoms with Gasteiger partial charge in [0.15, 0.2) is 5.78 Å². The van der Waals surface area contributed by atoms with E-state index in [1.165, 1.54) is 12.1 Å². The minimum atomic E-state index is -0.973. The van der Waals surface area contributed by atoms with E-state index in [0.29, 0.717) is 5.56 Å². The quantitative estimate of drug-likeness (QED) is 0.862. The number of carbonyl (C=O) groups excluding carboxylic acids is 1. The van der Waals surface area contributed by atoms with Crippen LogP contribution >= 0.6 is 11.6 Å². The fraction of sp³-hybridized carbons (Fsp3) is 0.500. The normalized spacial score (nSPS) is 12.8. The molecule has 0 fully saturated rings. The standard InChI is InChI=1S/C14H18ClFO2/c1-3-10(4-2)14(18)13(17)8-9-5-6-11(15)12(16)7-9/h5-7,10,14,18H,3-4,8H2,1-2H3. The SMILES string of the molecule is CCC(CC)C(O)C(=O)Cc1ccc(Cl)c(F)c1. The first-order chi connectivity index (χ1) is 8.49. The number of Topliss-reactive ketones (excluding diaryl/α,β-unsaturated/α-hetero) is 1. The molecule has 1 atom stereocenters. The molecule has 0 aliphatic rings. The maximum Gasteiger partial charge on any atom is 0.165 e. The molecule has 0 radical (unpaired) electrons. The van der Waals surface area contributed by atoms with E-state index in [2.05, 4.69) is 0 Å². The highest BCUT2D eigenvalue weighted by Gasteiger charge is 2.23. The molecule has 1 aromatic carbocycles. The molecule has 18 heavy (non-hydrogen) atoms. The van der Waals surface area contributed by atoms with Crippen molar-refractivity contribution in [3.63, 3.8) is 0 Å². The Bertz CT molecular complexity index is 416. The number of ketones is 1. The van der Waals surface area contributed by atoms with Crippen molar-refractivity contribution in [2.75, 3.05) is 0 Å². The fourth-order valence-electron chi connectivity index (χ4n) is 1.95. The molecule has 0 spiro atoms. The molecule has 1 rings (SSSR count). The minimum absolute atomic E-state index is 0.0327. The van der Waals surface area contributed by atoms with E-state index in [-0.39, 0.29) is 23.1 Å². The second-order valence-electron chi connectivity index (χ2n) is 4.41.